The average Bonchev–Trinajstić information content (AvgIpc) is 2.45. The molecule has 116 valence electrons. The summed E-state index contributed by atoms with van der Waals surface area (Å²) in [4.78, 5) is 25.3. The van der Waals surface area contributed by atoms with E-state index in [0.29, 0.717) is 38.0 Å². The number of amides is 1. The van der Waals surface area contributed by atoms with E-state index in [1.807, 2.05) is 18.9 Å². The molecule has 1 amide bonds. The van der Waals surface area contributed by atoms with Crippen molar-refractivity contribution in [2.75, 3.05) is 26.7 Å². The third-order valence-corrected chi connectivity index (χ3v) is 3.10. The van der Waals surface area contributed by atoms with E-state index in [0.717, 1.165) is 6.42 Å². The minimum atomic E-state index is -0.343. The molecule has 0 bridgehead atoms. The molecule has 1 aromatic carbocycles. The van der Waals surface area contributed by atoms with Gasteiger partial charge >= 0.3 is 0 Å². The summed E-state index contributed by atoms with van der Waals surface area (Å²) in [5, 5.41) is 2.81. The first-order valence-electron chi connectivity index (χ1n) is 7.27. The van der Waals surface area contributed by atoms with E-state index in [1.165, 1.54) is 24.3 Å². The van der Waals surface area contributed by atoms with Crippen LogP contribution in [-0.2, 0) is 4.79 Å². The van der Waals surface area contributed by atoms with Gasteiger partial charge in [0, 0.05) is 18.5 Å². The van der Waals surface area contributed by atoms with Crippen molar-refractivity contribution < 1.29 is 14.0 Å². The van der Waals surface area contributed by atoms with Crippen LogP contribution in [0.5, 0.6) is 0 Å². The van der Waals surface area contributed by atoms with E-state index in [4.69, 9.17) is 0 Å². The molecule has 0 heterocycles. The summed E-state index contributed by atoms with van der Waals surface area (Å²) in [6.07, 6.45) is 1.99. The van der Waals surface area contributed by atoms with Crippen LogP contribution in [0.3, 0.4) is 0 Å². The van der Waals surface area contributed by atoms with E-state index in [2.05, 4.69) is 5.32 Å². The first-order valence-corrected chi connectivity index (χ1v) is 7.27. The summed E-state index contributed by atoms with van der Waals surface area (Å²) in [7, 11) is 1.86. The fourth-order valence-electron chi connectivity index (χ4n) is 1.93. The Morgan fingerprint density at radius 2 is 1.90 bits per heavy atom. The highest BCUT2D eigenvalue weighted by atomic mass is 19.1. The summed E-state index contributed by atoms with van der Waals surface area (Å²) in [5.41, 5.74) is 0.528. The van der Waals surface area contributed by atoms with Gasteiger partial charge in [0.05, 0.1) is 6.54 Å². The number of halogens is 1. The molecule has 4 nitrogen and oxygen atoms in total. The smallest absolute Gasteiger partial charge is 0.234 e. The number of ketones is 1. The van der Waals surface area contributed by atoms with Crippen molar-refractivity contribution in [2.45, 2.75) is 26.2 Å². The fourth-order valence-corrected chi connectivity index (χ4v) is 1.93. The lowest BCUT2D eigenvalue weighted by Crippen LogP contribution is -2.36. The van der Waals surface area contributed by atoms with Gasteiger partial charge in [-0.1, -0.05) is 6.92 Å². The summed E-state index contributed by atoms with van der Waals surface area (Å²) in [6.45, 7) is 3.71. The van der Waals surface area contributed by atoms with Gasteiger partial charge in [0.15, 0.2) is 5.78 Å². The molecule has 0 aliphatic rings. The van der Waals surface area contributed by atoms with Crippen LogP contribution in [0, 0.1) is 5.82 Å². The van der Waals surface area contributed by atoms with Gasteiger partial charge < -0.3 is 5.32 Å². The molecule has 1 N–H and O–H groups in total. The molecule has 0 aliphatic carbocycles. The SMILES string of the molecule is CCCNC(=O)CN(C)CCCC(=O)c1ccc(F)cc1. The highest BCUT2D eigenvalue weighted by Crippen LogP contribution is 2.07. The second kappa shape index (κ2) is 9.23. The van der Waals surface area contributed by atoms with Crippen molar-refractivity contribution in [1.29, 1.82) is 0 Å². The van der Waals surface area contributed by atoms with Crippen molar-refractivity contribution in [2.24, 2.45) is 0 Å². The number of hydrogen-bond acceptors (Lipinski definition) is 3. The van der Waals surface area contributed by atoms with Gasteiger partial charge in [-0.05, 0) is 50.7 Å². The van der Waals surface area contributed by atoms with E-state index < -0.39 is 0 Å². The largest absolute Gasteiger partial charge is 0.355 e. The number of hydrogen-bond donors (Lipinski definition) is 1. The number of carbonyl (C=O) groups excluding carboxylic acids is 2. The van der Waals surface area contributed by atoms with Crippen LogP contribution in [-0.4, -0.2) is 43.3 Å². The molecule has 0 fully saturated rings. The molecule has 0 aromatic heterocycles. The first kappa shape index (κ1) is 17.3. The molecule has 0 saturated heterocycles. The highest BCUT2D eigenvalue weighted by molar-refractivity contribution is 5.95. The Bertz CT molecular complexity index is 460. The van der Waals surface area contributed by atoms with E-state index >= 15 is 0 Å². The molecule has 0 spiro atoms. The molecule has 1 rings (SSSR count). The third-order valence-electron chi connectivity index (χ3n) is 3.10. The lowest BCUT2D eigenvalue weighted by Gasteiger charge is -2.15. The Balaban J connectivity index is 2.24. The number of benzene rings is 1. The third kappa shape index (κ3) is 6.99. The maximum absolute atomic E-state index is 12.8. The number of carbonyl (C=O) groups is 2. The van der Waals surface area contributed by atoms with Crippen LogP contribution in [0.25, 0.3) is 0 Å². The number of Topliss-reactive ketones (excluding diaryl/α,β-unsaturated/α-hetero) is 1. The van der Waals surface area contributed by atoms with Crippen LogP contribution < -0.4 is 5.32 Å². The van der Waals surface area contributed by atoms with Gasteiger partial charge in [-0.25, -0.2) is 4.39 Å². The van der Waals surface area contributed by atoms with Crippen molar-refractivity contribution >= 4 is 11.7 Å². The fraction of sp³-hybridized carbons (Fsp3) is 0.500. The first-order chi connectivity index (χ1) is 10.0. The maximum atomic E-state index is 12.8. The zero-order valence-corrected chi connectivity index (χ0v) is 12.7. The Labute approximate surface area is 125 Å². The van der Waals surface area contributed by atoms with Gasteiger partial charge in [0.2, 0.25) is 5.91 Å². The van der Waals surface area contributed by atoms with Gasteiger partial charge in [0.1, 0.15) is 5.82 Å². The molecule has 0 aliphatic heterocycles. The molecule has 0 unspecified atom stereocenters. The lowest BCUT2D eigenvalue weighted by molar-refractivity contribution is -0.121. The number of nitrogens with one attached hydrogen (secondary N) is 1. The second-order valence-corrected chi connectivity index (χ2v) is 5.12. The van der Waals surface area contributed by atoms with Gasteiger partial charge in [0.25, 0.3) is 0 Å². The second-order valence-electron chi connectivity index (χ2n) is 5.12. The normalized spacial score (nSPS) is 10.7. The standard InChI is InChI=1S/C16H23FN2O2/c1-3-10-18-16(21)12-19(2)11-4-5-15(20)13-6-8-14(17)9-7-13/h6-9H,3-5,10-12H2,1-2H3,(H,18,21). The summed E-state index contributed by atoms with van der Waals surface area (Å²) < 4.78 is 12.8. The molecule has 5 heteroatoms. The molecule has 21 heavy (non-hydrogen) atoms. The maximum Gasteiger partial charge on any atom is 0.234 e. The van der Waals surface area contributed by atoms with Crippen molar-refractivity contribution in [3.05, 3.63) is 35.6 Å². The minimum Gasteiger partial charge on any atom is -0.355 e. The van der Waals surface area contributed by atoms with E-state index in [-0.39, 0.29) is 17.5 Å². The quantitative estimate of drug-likeness (QED) is 0.711. The monoisotopic (exact) mass is 294 g/mol. The highest BCUT2D eigenvalue weighted by Gasteiger charge is 2.08. The summed E-state index contributed by atoms with van der Waals surface area (Å²) in [6, 6.07) is 5.58. The van der Waals surface area contributed by atoms with Crippen LogP contribution in [0.15, 0.2) is 24.3 Å². The van der Waals surface area contributed by atoms with Crippen LogP contribution in [0.1, 0.15) is 36.5 Å². The lowest BCUT2D eigenvalue weighted by atomic mass is 10.1. The van der Waals surface area contributed by atoms with Crippen molar-refractivity contribution in [3.8, 4) is 0 Å². The number of likely N-dealkylation sites (N-methyl/N-ethyl adjacent to an activating group) is 1. The van der Waals surface area contributed by atoms with Crippen LogP contribution >= 0.6 is 0 Å². The van der Waals surface area contributed by atoms with Gasteiger partial charge in [-0.2, -0.15) is 0 Å². The molecule has 0 radical (unpaired) electrons. The van der Waals surface area contributed by atoms with Crippen molar-refractivity contribution in [1.82, 2.24) is 10.2 Å². The molecule has 1 aromatic rings. The minimum absolute atomic E-state index is 0.00108. The summed E-state index contributed by atoms with van der Waals surface area (Å²) in [5.74, 6) is -0.340. The number of rotatable bonds is 9. The zero-order chi connectivity index (χ0) is 15.7. The van der Waals surface area contributed by atoms with E-state index in [9.17, 15) is 14.0 Å². The van der Waals surface area contributed by atoms with Gasteiger partial charge in [-0.3, -0.25) is 14.5 Å². The Morgan fingerprint density at radius 3 is 2.52 bits per heavy atom. The van der Waals surface area contributed by atoms with Crippen molar-refractivity contribution in [3.63, 3.8) is 0 Å². The number of nitrogens with zero attached hydrogens (tertiary/aromatic N) is 1. The summed E-state index contributed by atoms with van der Waals surface area (Å²) >= 11 is 0. The topological polar surface area (TPSA) is 49.4 Å². The predicted octanol–water partition coefficient (Wildman–Crippen LogP) is 2.25. The Morgan fingerprint density at radius 1 is 1.24 bits per heavy atom. The molecular weight excluding hydrogens is 271 g/mol. The van der Waals surface area contributed by atoms with Crippen LogP contribution in [0.4, 0.5) is 4.39 Å². The Hall–Kier alpha value is -1.75. The van der Waals surface area contributed by atoms with Gasteiger partial charge in [-0.15, -0.1) is 0 Å². The average molecular weight is 294 g/mol. The molecular formula is C16H23FN2O2. The van der Waals surface area contributed by atoms with E-state index in [1.54, 1.807) is 0 Å². The molecule has 0 saturated carbocycles. The zero-order valence-electron chi connectivity index (χ0n) is 12.7. The predicted molar refractivity (Wildman–Crippen MR) is 80.8 cm³/mol. The Kier molecular flexibility index (Phi) is 7.61. The van der Waals surface area contributed by atoms with Crippen LogP contribution in [0.2, 0.25) is 0 Å². The molecule has 0 atom stereocenters.